The van der Waals surface area contributed by atoms with Crippen molar-refractivity contribution in [3.05, 3.63) is 32.9 Å². The first-order chi connectivity index (χ1) is 7.16. The lowest BCUT2D eigenvalue weighted by Gasteiger charge is -2.02. The molecule has 0 saturated heterocycles. The molecule has 2 aromatic rings. The fourth-order valence-electron chi connectivity index (χ4n) is 1.11. The molecule has 0 aliphatic rings. The molecule has 0 amide bonds. The average molecular weight is 223 g/mol. The van der Waals surface area contributed by atoms with Gasteiger partial charge in [-0.1, -0.05) is 0 Å². The van der Waals surface area contributed by atoms with Crippen LogP contribution < -0.4 is 11.4 Å². The van der Waals surface area contributed by atoms with E-state index in [1.807, 2.05) is 6.92 Å². The van der Waals surface area contributed by atoms with Crippen LogP contribution in [0.2, 0.25) is 0 Å². The predicted molar refractivity (Wildman–Crippen MR) is 56.7 cm³/mol. The zero-order valence-corrected chi connectivity index (χ0v) is 8.86. The summed E-state index contributed by atoms with van der Waals surface area (Å²) in [5.74, 6) is -0.00252. The largest absolute Gasteiger partial charge is 0.368 e. The molecule has 15 heavy (non-hydrogen) atoms. The summed E-state index contributed by atoms with van der Waals surface area (Å²) < 4.78 is 1.40. The highest BCUT2D eigenvalue weighted by molar-refractivity contribution is 7.09. The third-order valence-corrected chi connectivity index (χ3v) is 2.86. The van der Waals surface area contributed by atoms with E-state index in [1.54, 1.807) is 5.51 Å². The Kier molecular flexibility index (Phi) is 2.46. The van der Waals surface area contributed by atoms with Gasteiger partial charge in [-0.2, -0.15) is 4.98 Å². The Labute approximate surface area is 89.4 Å². The second-order valence-corrected chi connectivity index (χ2v) is 3.93. The number of thiazole rings is 1. The van der Waals surface area contributed by atoms with Gasteiger partial charge >= 0.3 is 5.69 Å². The zero-order chi connectivity index (χ0) is 10.8. The molecule has 0 saturated carbocycles. The lowest BCUT2D eigenvalue weighted by atomic mass is 10.4. The molecule has 2 rings (SSSR count). The fourth-order valence-corrected chi connectivity index (χ4v) is 1.89. The summed E-state index contributed by atoms with van der Waals surface area (Å²) in [5.41, 5.74) is 7.56. The predicted octanol–water partition coefficient (Wildman–Crippen LogP) is 0.0337. The summed E-state index contributed by atoms with van der Waals surface area (Å²) in [6.07, 6.45) is 1.39. The van der Waals surface area contributed by atoms with Crippen molar-refractivity contribution in [2.24, 2.45) is 0 Å². The van der Waals surface area contributed by atoms with Crippen molar-refractivity contribution in [3.8, 4) is 0 Å². The second kappa shape index (κ2) is 3.77. The third-order valence-electron chi connectivity index (χ3n) is 1.94. The lowest BCUT2D eigenvalue weighted by Crippen LogP contribution is -2.24. The van der Waals surface area contributed by atoms with Gasteiger partial charge in [-0.05, 0) is 6.92 Å². The molecule has 6 nitrogen and oxygen atoms in total. The first-order valence-corrected chi connectivity index (χ1v) is 5.12. The van der Waals surface area contributed by atoms with E-state index in [-0.39, 0.29) is 5.95 Å². The molecule has 0 aromatic carbocycles. The van der Waals surface area contributed by atoms with Gasteiger partial charge in [-0.15, -0.1) is 11.3 Å². The van der Waals surface area contributed by atoms with Gasteiger partial charge in [-0.25, -0.2) is 14.8 Å². The zero-order valence-electron chi connectivity index (χ0n) is 8.04. The summed E-state index contributed by atoms with van der Waals surface area (Å²) in [6.45, 7) is 2.34. The molecule has 0 radical (unpaired) electrons. The molecule has 7 heteroatoms. The number of aryl methyl sites for hydroxylation is 1. The van der Waals surface area contributed by atoms with Crippen molar-refractivity contribution < 1.29 is 0 Å². The van der Waals surface area contributed by atoms with Crippen LogP contribution in [-0.2, 0) is 6.54 Å². The van der Waals surface area contributed by atoms with Crippen LogP contribution in [0.3, 0.4) is 0 Å². The molecular formula is C8H9N5OS. The van der Waals surface area contributed by atoms with Crippen LogP contribution in [0, 0.1) is 6.92 Å². The Bertz CT molecular complexity index is 532. The number of nitrogens with two attached hydrogens (primary N) is 1. The maximum absolute atomic E-state index is 11.4. The van der Waals surface area contributed by atoms with Gasteiger partial charge in [0.2, 0.25) is 5.95 Å². The highest BCUT2D eigenvalue weighted by Gasteiger charge is 2.04. The van der Waals surface area contributed by atoms with Crippen LogP contribution in [0.25, 0.3) is 0 Å². The molecule has 78 valence electrons. The average Bonchev–Trinajstić information content (AvgIpc) is 2.57. The van der Waals surface area contributed by atoms with Crippen LogP contribution >= 0.6 is 11.3 Å². The lowest BCUT2D eigenvalue weighted by molar-refractivity contribution is 0.707. The molecule has 2 heterocycles. The summed E-state index contributed by atoms with van der Waals surface area (Å²) in [5, 5.41) is 0. The maximum atomic E-state index is 11.4. The van der Waals surface area contributed by atoms with Crippen LogP contribution in [-0.4, -0.2) is 19.5 Å². The molecule has 0 atom stereocenters. The van der Waals surface area contributed by atoms with E-state index in [9.17, 15) is 4.79 Å². The quantitative estimate of drug-likeness (QED) is 0.776. The minimum atomic E-state index is -0.393. The summed E-state index contributed by atoms with van der Waals surface area (Å²) in [6, 6.07) is 0. The van der Waals surface area contributed by atoms with Crippen molar-refractivity contribution in [1.29, 1.82) is 0 Å². The Hall–Kier alpha value is -1.76. The van der Waals surface area contributed by atoms with E-state index in [1.165, 1.54) is 22.2 Å². The topological polar surface area (TPSA) is 86.7 Å². The fraction of sp³-hybridized carbons (Fsp3) is 0.250. The van der Waals surface area contributed by atoms with Crippen molar-refractivity contribution in [3.63, 3.8) is 0 Å². The van der Waals surface area contributed by atoms with Crippen molar-refractivity contribution in [2.75, 3.05) is 5.73 Å². The minimum Gasteiger partial charge on any atom is -0.368 e. The van der Waals surface area contributed by atoms with Gasteiger partial charge in [0, 0.05) is 4.88 Å². The molecule has 0 aliphatic heterocycles. The van der Waals surface area contributed by atoms with E-state index < -0.39 is 5.69 Å². The first kappa shape index (κ1) is 9.78. The highest BCUT2D eigenvalue weighted by atomic mass is 32.1. The minimum absolute atomic E-state index is 0.00252. The Balaban J connectivity index is 2.33. The van der Waals surface area contributed by atoms with E-state index in [0.717, 1.165) is 10.6 Å². The van der Waals surface area contributed by atoms with Gasteiger partial charge in [0.05, 0.1) is 17.7 Å². The van der Waals surface area contributed by atoms with Gasteiger partial charge < -0.3 is 5.73 Å². The van der Waals surface area contributed by atoms with Gasteiger partial charge in [0.25, 0.3) is 0 Å². The van der Waals surface area contributed by atoms with Crippen LogP contribution in [0.4, 0.5) is 5.95 Å². The van der Waals surface area contributed by atoms with Crippen LogP contribution in [0.15, 0.2) is 16.6 Å². The first-order valence-electron chi connectivity index (χ1n) is 4.25. The van der Waals surface area contributed by atoms with Crippen molar-refractivity contribution in [2.45, 2.75) is 13.5 Å². The number of rotatable bonds is 2. The Morgan fingerprint density at radius 1 is 1.53 bits per heavy atom. The molecule has 0 unspecified atom stereocenters. The summed E-state index contributed by atoms with van der Waals surface area (Å²) in [4.78, 5) is 23.8. The van der Waals surface area contributed by atoms with Crippen molar-refractivity contribution >= 4 is 17.3 Å². The van der Waals surface area contributed by atoms with Gasteiger partial charge in [-0.3, -0.25) is 4.57 Å². The number of nitrogens with zero attached hydrogens (tertiary/aromatic N) is 4. The van der Waals surface area contributed by atoms with Crippen molar-refractivity contribution in [1.82, 2.24) is 19.5 Å². The summed E-state index contributed by atoms with van der Waals surface area (Å²) >= 11 is 1.50. The SMILES string of the molecule is Cc1ncsc1Cn1cnc(N)nc1=O. The van der Waals surface area contributed by atoms with Crippen LogP contribution in [0.5, 0.6) is 0 Å². The van der Waals surface area contributed by atoms with E-state index in [0.29, 0.717) is 6.54 Å². The number of anilines is 1. The number of hydrogen-bond donors (Lipinski definition) is 1. The number of aromatic nitrogens is 4. The molecule has 0 aliphatic carbocycles. The maximum Gasteiger partial charge on any atom is 0.352 e. The molecule has 2 N–H and O–H groups in total. The Morgan fingerprint density at radius 3 is 2.93 bits per heavy atom. The number of nitrogen functional groups attached to an aromatic ring is 1. The standard InChI is InChI=1S/C8H9N5OS/c1-5-6(15-4-11-5)2-13-3-10-7(9)12-8(13)14/h3-4H,2H2,1H3,(H2,9,12,14). The van der Waals surface area contributed by atoms with Gasteiger partial charge in [0.1, 0.15) is 6.33 Å². The molecule has 0 fully saturated rings. The molecular weight excluding hydrogens is 214 g/mol. The number of hydrogen-bond acceptors (Lipinski definition) is 6. The van der Waals surface area contributed by atoms with E-state index >= 15 is 0 Å². The molecule has 2 aromatic heterocycles. The highest BCUT2D eigenvalue weighted by Crippen LogP contribution is 2.12. The van der Waals surface area contributed by atoms with Crippen LogP contribution in [0.1, 0.15) is 10.6 Å². The Morgan fingerprint density at radius 2 is 2.33 bits per heavy atom. The second-order valence-electron chi connectivity index (χ2n) is 2.99. The normalized spacial score (nSPS) is 10.5. The van der Waals surface area contributed by atoms with E-state index in [2.05, 4.69) is 15.0 Å². The smallest absolute Gasteiger partial charge is 0.352 e. The summed E-state index contributed by atoms with van der Waals surface area (Å²) in [7, 11) is 0. The van der Waals surface area contributed by atoms with E-state index in [4.69, 9.17) is 5.73 Å². The molecule has 0 spiro atoms. The monoisotopic (exact) mass is 223 g/mol. The third kappa shape index (κ3) is 2.01. The van der Waals surface area contributed by atoms with Gasteiger partial charge in [0.15, 0.2) is 0 Å². The molecule has 0 bridgehead atoms.